The summed E-state index contributed by atoms with van der Waals surface area (Å²) in [6.45, 7) is 2.87. The van der Waals surface area contributed by atoms with Crippen LogP contribution in [0.4, 0.5) is 4.79 Å². The Morgan fingerprint density at radius 1 is 0.826 bits per heavy atom. The minimum atomic E-state index is -0.586. The zero-order valence-electron chi connectivity index (χ0n) is 25.6. The van der Waals surface area contributed by atoms with Crippen LogP contribution < -0.4 is 10.6 Å². The van der Waals surface area contributed by atoms with Gasteiger partial charge in [-0.15, -0.1) is 0 Å². The molecule has 1 saturated heterocycles. The van der Waals surface area contributed by atoms with Gasteiger partial charge < -0.3 is 29.6 Å². The van der Waals surface area contributed by atoms with Crippen LogP contribution in [0.3, 0.4) is 0 Å². The molecule has 0 aliphatic carbocycles. The monoisotopic (exact) mass is 635 g/mol. The number of carbonyl (C=O) groups is 1. The topological polar surface area (TPSA) is 106 Å². The van der Waals surface area contributed by atoms with Crippen LogP contribution in [0.2, 0.25) is 0 Å². The van der Waals surface area contributed by atoms with Crippen LogP contribution in [0, 0.1) is 0 Å². The number of aliphatic hydroxyl groups excluding tert-OH is 1. The fraction of sp³-hybridized carbons (Fsp3) is 0.243. The van der Waals surface area contributed by atoms with Crippen molar-refractivity contribution in [2.75, 3.05) is 12.3 Å². The van der Waals surface area contributed by atoms with E-state index in [1.54, 1.807) is 0 Å². The minimum Gasteiger partial charge on any atom is -0.431 e. The number of benzene rings is 4. The van der Waals surface area contributed by atoms with Gasteiger partial charge in [0.05, 0.1) is 18.8 Å². The molecule has 46 heavy (non-hydrogen) atoms. The van der Waals surface area contributed by atoms with Gasteiger partial charge in [0.2, 0.25) is 0 Å². The number of nitrogens with one attached hydrogen (secondary N) is 2. The molecule has 3 atom stereocenters. The van der Waals surface area contributed by atoms with E-state index in [1.165, 1.54) is 11.8 Å². The van der Waals surface area contributed by atoms with Crippen molar-refractivity contribution in [1.29, 1.82) is 0 Å². The highest BCUT2D eigenvalue weighted by Crippen LogP contribution is 2.41. The average molecular weight is 636 g/mol. The predicted molar refractivity (Wildman–Crippen MR) is 179 cm³/mol. The van der Waals surface area contributed by atoms with Crippen LogP contribution in [0.15, 0.2) is 119 Å². The first kappa shape index (κ1) is 31.6. The molecule has 1 aliphatic heterocycles. The second-order valence-corrected chi connectivity index (χ2v) is 12.0. The molecule has 8 nitrogen and oxygen atoms in total. The lowest BCUT2D eigenvalue weighted by molar-refractivity contribution is -0.245. The van der Waals surface area contributed by atoms with Gasteiger partial charge in [0.1, 0.15) is 5.69 Å². The Morgan fingerprint density at radius 3 is 2.15 bits per heavy atom. The summed E-state index contributed by atoms with van der Waals surface area (Å²) in [6.07, 6.45) is -0.302. The van der Waals surface area contributed by atoms with E-state index in [4.69, 9.17) is 18.9 Å². The first-order valence-corrected chi connectivity index (χ1v) is 16.4. The molecule has 1 fully saturated rings. The number of ether oxygens (including phenoxy) is 2. The van der Waals surface area contributed by atoms with Crippen LogP contribution in [0.5, 0.6) is 0 Å². The number of rotatable bonds is 11. The Balaban J connectivity index is 1.21. The number of aliphatic hydroxyl groups is 1. The van der Waals surface area contributed by atoms with Crippen molar-refractivity contribution >= 4 is 17.8 Å². The maximum atomic E-state index is 11.8. The van der Waals surface area contributed by atoms with Gasteiger partial charge in [-0.25, -0.2) is 9.78 Å². The number of urea groups is 1. The molecule has 4 aromatic carbocycles. The standard InChI is InChI=1S/C37H37N3O5S/c1-2-38-36(42)39-22-25-13-19-30(20-14-25)35-43-31(21-32(44-35)27-17-15-26(23-41)16-18-27)24-46-37-40-33(28-9-5-3-6-10-28)34(45-37)29-11-7-4-8-12-29/h3-20,31-32,35,41H,2,21-24H2,1H3,(H2,38,39,42)/t31-,32+,35+/m1/s1. The summed E-state index contributed by atoms with van der Waals surface area (Å²) < 4.78 is 19.4. The van der Waals surface area contributed by atoms with Crippen molar-refractivity contribution in [2.24, 2.45) is 0 Å². The fourth-order valence-electron chi connectivity index (χ4n) is 5.32. The number of carbonyl (C=O) groups excluding carboxylic acids is 1. The van der Waals surface area contributed by atoms with Crippen molar-refractivity contribution in [3.63, 3.8) is 0 Å². The molecule has 2 heterocycles. The fourth-order valence-corrected chi connectivity index (χ4v) is 6.17. The smallest absolute Gasteiger partial charge is 0.315 e. The molecule has 3 N–H and O–H groups in total. The molecule has 0 radical (unpaired) electrons. The molecule has 1 aromatic heterocycles. The van der Waals surface area contributed by atoms with Gasteiger partial charge in [-0.3, -0.25) is 0 Å². The molecule has 0 unspecified atom stereocenters. The Morgan fingerprint density at radius 2 is 1.48 bits per heavy atom. The van der Waals surface area contributed by atoms with Gasteiger partial charge in [-0.2, -0.15) is 0 Å². The van der Waals surface area contributed by atoms with Crippen molar-refractivity contribution < 1.29 is 23.8 Å². The number of hydrogen-bond acceptors (Lipinski definition) is 7. The Hall–Kier alpha value is -4.41. The van der Waals surface area contributed by atoms with Gasteiger partial charge >= 0.3 is 6.03 Å². The summed E-state index contributed by atoms with van der Waals surface area (Å²) in [6, 6.07) is 35.7. The third-order valence-electron chi connectivity index (χ3n) is 7.74. The van der Waals surface area contributed by atoms with E-state index in [-0.39, 0.29) is 24.8 Å². The molecule has 0 saturated carbocycles. The Kier molecular flexibility index (Phi) is 10.5. The highest BCUT2D eigenvalue weighted by molar-refractivity contribution is 7.99. The Labute approximate surface area is 273 Å². The largest absolute Gasteiger partial charge is 0.431 e. The van der Waals surface area contributed by atoms with Crippen molar-refractivity contribution in [2.45, 2.75) is 50.2 Å². The highest BCUT2D eigenvalue weighted by Gasteiger charge is 2.33. The number of amides is 2. The van der Waals surface area contributed by atoms with Gasteiger partial charge in [-0.05, 0) is 23.6 Å². The summed E-state index contributed by atoms with van der Waals surface area (Å²) in [7, 11) is 0. The highest BCUT2D eigenvalue weighted by atomic mass is 32.2. The zero-order chi connectivity index (χ0) is 31.7. The lowest BCUT2D eigenvalue weighted by Gasteiger charge is -2.36. The molecule has 9 heteroatoms. The van der Waals surface area contributed by atoms with E-state index in [2.05, 4.69) is 10.6 Å². The van der Waals surface area contributed by atoms with Gasteiger partial charge in [0.25, 0.3) is 5.22 Å². The van der Waals surface area contributed by atoms with Crippen LogP contribution in [0.25, 0.3) is 22.6 Å². The first-order chi connectivity index (χ1) is 22.6. The Bertz CT molecular complexity index is 1640. The van der Waals surface area contributed by atoms with Gasteiger partial charge in [0.15, 0.2) is 12.1 Å². The molecular weight excluding hydrogens is 598 g/mol. The van der Waals surface area contributed by atoms with Crippen molar-refractivity contribution in [1.82, 2.24) is 15.6 Å². The molecule has 5 aromatic rings. The van der Waals surface area contributed by atoms with Gasteiger partial charge in [-0.1, -0.05) is 121 Å². The minimum absolute atomic E-state index is 0.00972. The van der Waals surface area contributed by atoms with Gasteiger partial charge in [0, 0.05) is 42.0 Å². The van der Waals surface area contributed by atoms with Crippen LogP contribution >= 0.6 is 11.8 Å². The maximum absolute atomic E-state index is 11.8. The molecule has 1 aliphatic rings. The molecular formula is C37H37N3O5S. The van der Waals surface area contributed by atoms with Crippen LogP contribution in [0.1, 0.15) is 48.0 Å². The van der Waals surface area contributed by atoms with Crippen LogP contribution in [-0.4, -0.2) is 34.5 Å². The molecule has 236 valence electrons. The number of oxazole rings is 1. The second-order valence-electron chi connectivity index (χ2n) is 11.0. The third-order valence-corrected chi connectivity index (χ3v) is 8.70. The normalized spacial score (nSPS) is 17.8. The zero-order valence-corrected chi connectivity index (χ0v) is 26.4. The molecule has 0 bridgehead atoms. The third kappa shape index (κ3) is 7.86. The molecule has 6 rings (SSSR count). The number of aromatic nitrogens is 1. The lowest BCUT2D eigenvalue weighted by atomic mass is 10.0. The van der Waals surface area contributed by atoms with E-state index < -0.39 is 6.29 Å². The average Bonchev–Trinajstić information content (AvgIpc) is 3.55. The van der Waals surface area contributed by atoms with E-state index in [9.17, 15) is 9.90 Å². The van der Waals surface area contributed by atoms with Crippen molar-refractivity contribution in [3.8, 4) is 22.6 Å². The molecule has 2 amide bonds. The van der Waals surface area contributed by atoms with E-state index in [1.807, 2.05) is 116 Å². The summed E-state index contributed by atoms with van der Waals surface area (Å²) >= 11 is 1.53. The number of hydrogen-bond donors (Lipinski definition) is 3. The lowest BCUT2D eigenvalue weighted by Crippen LogP contribution is -2.34. The number of thioether (sulfide) groups is 1. The summed E-state index contributed by atoms with van der Waals surface area (Å²) in [4.78, 5) is 16.7. The first-order valence-electron chi connectivity index (χ1n) is 15.4. The predicted octanol–water partition coefficient (Wildman–Crippen LogP) is 7.66. The SMILES string of the molecule is CCNC(=O)NCc1ccc([C@H]2O[C@@H](CSc3nc(-c4ccccc4)c(-c4ccccc4)o3)C[C@@H](c3ccc(CO)cc3)O2)cc1. The maximum Gasteiger partial charge on any atom is 0.315 e. The summed E-state index contributed by atoms with van der Waals surface area (Å²) in [5, 5.41) is 15.7. The number of nitrogens with zero attached hydrogens (tertiary/aromatic N) is 1. The van der Waals surface area contributed by atoms with Crippen LogP contribution in [-0.2, 0) is 22.6 Å². The second kappa shape index (κ2) is 15.2. The summed E-state index contributed by atoms with van der Waals surface area (Å²) in [5.41, 5.74) is 6.52. The quantitative estimate of drug-likeness (QED) is 0.128. The van der Waals surface area contributed by atoms with E-state index in [0.717, 1.165) is 44.8 Å². The summed E-state index contributed by atoms with van der Waals surface area (Å²) in [5.74, 6) is 1.35. The molecule has 0 spiro atoms. The van der Waals surface area contributed by atoms with E-state index >= 15 is 0 Å². The van der Waals surface area contributed by atoms with E-state index in [0.29, 0.717) is 30.5 Å². The van der Waals surface area contributed by atoms with Crippen molar-refractivity contribution in [3.05, 3.63) is 131 Å².